The Morgan fingerprint density at radius 1 is 1.19 bits per heavy atom. The van der Waals surface area contributed by atoms with Crippen LogP contribution in [0.3, 0.4) is 0 Å². The lowest BCUT2D eigenvalue weighted by molar-refractivity contribution is 0.0754. The molecule has 2 aromatic heterocycles. The molecule has 2 saturated heterocycles. The fraction of sp³-hybridized carbons (Fsp3) is 0.533. The minimum absolute atomic E-state index is 0.0136. The normalized spacial score (nSPS) is 19.2. The molecule has 6 nitrogen and oxygen atoms in total. The van der Waals surface area contributed by atoms with Crippen LogP contribution < -0.4 is 5.32 Å². The third kappa shape index (κ3) is 5.43. The summed E-state index contributed by atoms with van der Waals surface area (Å²) in [5, 5.41) is 4.67. The van der Waals surface area contributed by atoms with Gasteiger partial charge in [0.25, 0.3) is 5.91 Å². The third-order valence-electron chi connectivity index (χ3n) is 8.38. The van der Waals surface area contributed by atoms with Gasteiger partial charge in [-0.25, -0.2) is 4.39 Å². The van der Waals surface area contributed by atoms with Crippen LogP contribution in [-0.2, 0) is 6.42 Å². The molecule has 2 aliphatic rings. The average molecular weight is 506 g/mol. The van der Waals surface area contributed by atoms with Crippen molar-refractivity contribution in [1.29, 1.82) is 0 Å². The molecule has 5 rings (SSSR count). The Morgan fingerprint density at radius 2 is 1.97 bits per heavy atom. The van der Waals surface area contributed by atoms with E-state index in [1.165, 1.54) is 55.4 Å². The van der Waals surface area contributed by atoms with E-state index in [4.69, 9.17) is 0 Å². The summed E-state index contributed by atoms with van der Waals surface area (Å²) >= 11 is 0. The van der Waals surface area contributed by atoms with E-state index in [-0.39, 0.29) is 11.9 Å². The van der Waals surface area contributed by atoms with Crippen molar-refractivity contribution < 1.29 is 9.18 Å². The highest BCUT2D eigenvalue weighted by Crippen LogP contribution is 2.33. The Hall–Kier alpha value is -2.77. The van der Waals surface area contributed by atoms with Gasteiger partial charge in [0.05, 0.1) is 23.0 Å². The predicted molar refractivity (Wildman–Crippen MR) is 147 cm³/mol. The lowest BCUT2D eigenvalue weighted by Crippen LogP contribution is -2.35. The lowest BCUT2D eigenvalue weighted by atomic mass is 9.96. The summed E-state index contributed by atoms with van der Waals surface area (Å²) in [5.41, 5.74) is 4.44. The fourth-order valence-electron chi connectivity index (χ4n) is 6.10. The summed E-state index contributed by atoms with van der Waals surface area (Å²) in [5.74, 6) is 0.830. The molecule has 2 aliphatic heterocycles. The van der Waals surface area contributed by atoms with Crippen molar-refractivity contribution in [3.8, 4) is 5.69 Å². The van der Waals surface area contributed by atoms with Crippen molar-refractivity contribution in [2.75, 3.05) is 39.8 Å². The highest BCUT2D eigenvalue weighted by molar-refractivity contribution is 5.99. The smallest absolute Gasteiger partial charge is 0.256 e. The zero-order valence-corrected chi connectivity index (χ0v) is 22.6. The Balaban J connectivity index is 1.45. The maximum atomic E-state index is 14.3. The number of benzene rings is 1. The number of carbonyl (C=O) groups is 1. The zero-order chi connectivity index (χ0) is 26.1. The molecule has 0 radical (unpaired) electrons. The molecule has 1 N–H and O–H groups in total. The van der Waals surface area contributed by atoms with E-state index in [0.29, 0.717) is 17.2 Å². The van der Waals surface area contributed by atoms with Crippen molar-refractivity contribution in [2.45, 2.75) is 52.5 Å². The van der Waals surface area contributed by atoms with E-state index in [1.807, 2.05) is 30.8 Å². The first kappa shape index (κ1) is 25.9. The van der Waals surface area contributed by atoms with Gasteiger partial charge in [0.15, 0.2) is 0 Å². The standard InChI is InChI=1S/C30H40FN5O/c1-20(2)34(4)30(37)26-14-25(31)5-6-27(26)36-19-24(29-21(3)15-33-16-28(29)36)13-23-9-12-35(18-23)17-22-7-10-32-11-8-22/h5-6,14-16,19-20,22-23,32H,7-13,17-18H2,1-4H3/t23-/m1/s1. The number of aryl methyl sites for hydroxylation is 1. The number of halogens is 1. The average Bonchev–Trinajstić information content (AvgIpc) is 3.48. The van der Waals surface area contributed by atoms with Crippen LogP contribution in [0.15, 0.2) is 36.8 Å². The first-order valence-electron chi connectivity index (χ1n) is 13.8. The van der Waals surface area contributed by atoms with Gasteiger partial charge in [0.2, 0.25) is 0 Å². The number of nitrogens with zero attached hydrogens (tertiary/aromatic N) is 4. The van der Waals surface area contributed by atoms with Gasteiger partial charge in [-0.1, -0.05) is 0 Å². The number of hydrogen-bond donors (Lipinski definition) is 1. The quantitative estimate of drug-likeness (QED) is 0.500. The number of piperidine rings is 1. The largest absolute Gasteiger partial charge is 0.339 e. The molecular formula is C30H40FN5O. The van der Waals surface area contributed by atoms with Crippen molar-refractivity contribution in [2.24, 2.45) is 11.8 Å². The summed E-state index contributed by atoms with van der Waals surface area (Å²) in [6.07, 6.45) is 10.7. The maximum Gasteiger partial charge on any atom is 0.256 e. The SMILES string of the molecule is Cc1cncc2c1c(C[C@H]1CCN(CC3CCNCC3)C1)cn2-c1ccc(F)cc1C(=O)N(C)C(C)C. The van der Waals surface area contributed by atoms with Crippen LogP contribution in [0.4, 0.5) is 4.39 Å². The van der Waals surface area contributed by atoms with Crippen molar-refractivity contribution >= 4 is 16.8 Å². The molecule has 0 saturated carbocycles. The minimum atomic E-state index is -0.407. The lowest BCUT2D eigenvalue weighted by Gasteiger charge is -2.27. The van der Waals surface area contributed by atoms with Crippen LogP contribution >= 0.6 is 0 Å². The van der Waals surface area contributed by atoms with Crippen molar-refractivity contribution in [3.63, 3.8) is 0 Å². The van der Waals surface area contributed by atoms with Crippen LogP contribution in [0.2, 0.25) is 0 Å². The molecule has 7 heteroatoms. The van der Waals surface area contributed by atoms with Gasteiger partial charge in [0, 0.05) is 44.0 Å². The molecule has 0 aliphatic carbocycles. The van der Waals surface area contributed by atoms with Crippen LogP contribution in [0.1, 0.15) is 54.6 Å². The van der Waals surface area contributed by atoms with Gasteiger partial charge in [0.1, 0.15) is 5.82 Å². The van der Waals surface area contributed by atoms with Gasteiger partial charge in [-0.15, -0.1) is 0 Å². The van der Waals surface area contributed by atoms with E-state index >= 15 is 0 Å². The van der Waals surface area contributed by atoms with Gasteiger partial charge in [-0.2, -0.15) is 0 Å². The Bertz CT molecular complexity index is 1260. The molecule has 3 aromatic rings. The Kier molecular flexibility index (Phi) is 7.63. The fourth-order valence-corrected chi connectivity index (χ4v) is 6.10. The zero-order valence-electron chi connectivity index (χ0n) is 22.6. The van der Waals surface area contributed by atoms with E-state index in [1.54, 1.807) is 18.0 Å². The number of aromatic nitrogens is 2. The Morgan fingerprint density at radius 3 is 2.73 bits per heavy atom. The van der Waals surface area contributed by atoms with Crippen molar-refractivity contribution in [3.05, 3.63) is 59.3 Å². The summed E-state index contributed by atoms with van der Waals surface area (Å²) in [6.45, 7) is 11.8. The second-order valence-corrected chi connectivity index (χ2v) is 11.4. The minimum Gasteiger partial charge on any atom is -0.339 e. The number of fused-ring (bicyclic) bond motifs is 1. The number of carbonyl (C=O) groups excluding carboxylic acids is 1. The molecule has 198 valence electrons. The molecule has 37 heavy (non-hydrogen) atoms. The highest BCUT2D eigenvalue weighted by Gasteiger charge is 2.28. The van der Waals surface area contributed by atoms with Crippen molar-refractivity contribution in [1.82, 2.24) is 24.7 Å². The second-order valence-electron chi connectivity index (χ2n) is 11.4. The highest BCUT2D eigenvalue weighted by atomic mass is 19.1. The molecular weight excluding hydrogens is 465 g/mol. The molecule has 1 aromatic carbocycles. The number of hydrogen-bond acceptors (Lipinski definition) is 4. The third-order valence-corrected chi connectivity index (χ3v) is 8.38. The molecule has 2 fully saturated rings. The molecule has 1 amide bonds. The molecule has 0 bridgehead atoms. The number of amides is 1. The monoisotopic (exact) mass is 505 g/mol. The number of likely N-dealkylation sites (tertiary alicyclic amines) is 1. The van der Waals surface area contributed by atoms with Crippen LogP contribution in [0.5, 0.6) is 0 Å². The van der Waals surface area contributed by atoms with E-state index in [2.05, 4.69) is 28.3 Å². The summed E-state index contributed by atoms with van der Waals surface area (Å²) < 4.78 is 16.4. The Labute approximate surface area is 219 Å². The predicted octanol–water partition coefficient (Wildman–Crippen LogP) is 4.82. The topological polar surface area (TPSA) is 53.4 Å². The first-order valence-corrected chi connectivity index (χ1v) is 13.8. The maximum absolute atomic E-state index is 14.3. The van der Waals surface area contributed by atoms with Gasteiger partial charge >= 0.3 is 0 Å². The van der Waals surface area contributed by atoms with Crippen LogP contribution in [0, 0.1) is 24.6 Å². The number of pyridine rings is 1. The molecule has 0 unspecified atom stereocenters. The first-order chi connectivity index (χ1) is 17.8. The van der Waals surface area contributed by atoms with E-state index in [0.717, 1.165) is 43.1 Å². The molecule has 0 spiro atoms. The number of nitrogens with one attached hydrogen (secondary N) is 1. The summed E-state index contributed by atoms with van der Waals surface area (Å²) in [7, 11) is 1.77. The van der Waals surface area contributed by atoms with Gasteiger partial charge in [-0.3, -0.25) is 9.78 Å². The molecule has 4 heterocycles. The van der Waals surface area contributed by atoms with Crippen LogP contribution in [-0.4, -0.2) is 71.1 Å². The van der Waals surface area contributed by atoms with Gasteiger partial charge < -0.3 is 19.7 Å². The summed E-state index contributed by atoms with van der Waals surface area (Å²) in [6, 6.07) is 4.53. The second kappa shape index (κ2) is 10.9. The summed E-state index contributed by atoms with van der Waals surface area (Å²) in [4.78, 5) is 22.1. The molecule has 1 atom stereocenters. The van der Waals surface area contributed by atoms with Crippen LogP contribution in [0.25, 0.3) is 16.6 Å². The van der Waals surface area contributed by atoms with E-state index in [9.17, 15) is 9.18 Å². The number of rotatable bonds is 7. The van der Waals surface area contributed by atoms with Gasteiger partial charge in [-0.05, 0) is 107 Å². The van der Waals surface area contributed by atoms with E-state index < -0.39 is 5.82 Å².